The highest BCUT2D eigenvalue weighted by molar-refractivity contribution is 6.42. The molecule has 1 aromatic carbocycles. The standard InChI is InChI=1S/C14H12Cl2N2O4/c1-2-6-18-13(21)9(12(20)17-14(18)22)11(19)7-4-3-5-8(15)10(7)16/h2-5,9,11,19H,1,6H2,(H,17,20,22). The molecule has 1 aliphatic rings. The lowest BCUT2D eigenvalue weighted by atomic mass is 9.92. The van der Waals surface area contributed by atoms with Gasteiger partial charge in [-0.2, -0.15) is 0 Å². The SMILES string of the molecule is C=CCN1C(=O)NC(=O)C(C(O)c2cccc(Cl)c2Cl)C1=O. The molecule has 6 nitrogen and oxygen atoms in total. The Hall–Kier alpha value is -1.89. The monoisotopic (exact) mass is 342 g/mol. The van der Waals surface area contributed by atoms with Crippen LogP contribution in [0.3, 0.4) is 0 Å². The maximum Gasteiger partial charge on any atom is 0.331 e. The van der Waals surface area contributed by atoms with Crippen molar-refractivity contribution >= 4 is 41.0 Å². The Morgan fingerprint density at radius 3 is 2.68 bits per heavy atom. The molecule has 1 heterocycles. The van der Waals surface area contributed by atoms with E-state index in [1.54, 1.807) is 0 Å². The van der Waals surface area contributed by atoms with Crippen LogP contribution in [0.2, 0.25) is 10.0 Å². The quantitative estimate of drug-likeness (QED) is 0.646. The number of urea groups is 1. The van der Waals surface area contributed by atoms with Crippen molar-refractivity contribution in [2.45, 2.75) is 6.10 Å². The molecule has 0 radical (unpaired) electrons. The highest BCUT2D eigenvalue weighted by Gasteiger charge is 2.45. The molecule has 2 N–H and O–H groups in total. The van der Waals surface area contributed by atoms with Crippen LogP contribution < -0.4 is 5.32 Å². The maximum absolute atomic E-state index is 12.3. The van der Waals surface area contributed by atoms with Gasteiger partial charge in [-0.05, 0) is 6.07 Å². The number of carbonyl (C=O) groups is 3. The molecule has 1 saturated heterocycles. The second-order valence-electron chi connectivity index (χ2n) is 4.60. The molecule has 0 aromatic heterocycles. The van der Waals surface area contributed by atoms with Crippen molar-refractivity contribution in [3.63, 3.8) is 0 Å². The molecule has 0 aliphatic carbocycles. The summed E-state index contributed by atoms with van der Waals surface area (Å²) in [6.45, 7) is 3.36. The smallest absolute Gasteiger partial charge is 0.331 e. The van der Waals surface area contributed by atoms with Crippen LogP contribution in [0.5, 0.6) is 0 Å². The highest BCUT2D eigenvalue weighted by atomic mass is 35.5. The van der Waals surface area contributed by atoms with E-state index in [9.17, 15) is 19.5 Å². The minimum absolute atomic E-state index is 0.0458. The van der Waals surface area contributed by atoms with Crippen LogP contribution in [-0.4, -0.2) is 34.4 Å². The van der Waals surface area contributed by atoms with Crippen LogP contribution in [0.15, 0.2) is 30.9 Å². The normalized spacial score (nSPS) is 19.9. The molecule has 1 aromatic rings. The van der Waals surface area contributed by atoms with Gasteiger partial charge in [0.15, 0.2) is 0 Å². The molecule has 8 heteroatoms. The first kappa shape index (κ1) is 16.5. The fourth-order valence-corrected chi connectivity index (χ4v) is 2.56. The predicted molar refractivity (Wildman–Crippen MR) is 80.4 cm³/mol. The van der Waals surface area contributed by atoms with E-state index in [2.05, 4.69) is 6.58 Å². The minimum Gasteiger partial charge on any atom is -0.387 e. The first-order valence-electron chi connectivity index (χ1n) is 6.27. The van der Waals surface area contributed by atoms with Crippen LogP contribution in [0.1, 0.15) is 11.7 Å². The minimum atomic E-state index is -1.53. The molecule has 0 bridgehead atoms. The number of nitrogens with zero attached hydrogens (tertiary/aromatic N) is 1. The number of aliphatic hydroxyl groups is 1. The Kier molecular flexibility index (Phi) is 4.85. The molecule has 2 rings (SSSR count). The van der Waals surface area contributed by atoms with Gasteiger partial charge in [0.2, 0.25) is 11.8 Å². The Morgan fingerprint density at radius 2 is 2.05 bits per heavy atom. The van der Waals surface area contributed by atoms with Gasteiger partial charge in [0.25, 0.3) is 0 Å². The van der Waals surface area contributed by atoms with Gasteiger partial charge in [0.1, 0.15) is 12.0 Å². The summed E-state index contributed by atoms with van der Waals surface area (Å²) in [7, 11) is 0. The van der Waals surface area contributed by atoms with Crippen molar-refractivity contribution in [2.24, 2.45) is 5.92 Å². The summed E-state index contributed by atoms with van der Waals surface area (Å²) in [4.78, 5) is 36.7. The zero-order chi connectivity index (χ0) is 16.4. The molecule has 22 heavy (non-hydrogen) atoms. The summed E-state index contributed by atoms with van der Waals surface area (Å²) in [6, 6.07) is 3.64. The number of aliphatic hydroxyl groups excluding tert-OH is 1. The average molecular weight is 343 g/mol. The number of hydrogen-bond acceptors (Lipinski definition) is 4. The number of benzene rings is 1. The van der Waals surface area contributed by atoms with Crippen molar-refractivity contribution in [1.82, 2.24) is 10.2 Å². The molecule has 0 spiro atoms. The Balaban J connectivity index is 2.38. The summed E-state index contributed by atoms with van der Waals surface area (Å²) in [5, 5.41) is 12.6. The number of hydrogen-bond donors (Lipinski definition) is 2. The number of carbonyl (C=O) groups excluding carboxylic acids is 3. The second-order valence-corrected chi connectivity index (χ2v) is 5.38. The van der Waals surface area contributed by atoms with E-state index < -0.39 is 29.9 Å². The first-order valence-corrected chi connectivity index (χ1v) is 7.03. The third kappa shape index (κ3) is 2.85. The van der Waals surface area contributed by atoms with Crippen LogP contribution in [0, 0.1) is 5.92 Å². The average Bonchev–Trinajstić information content (AvgIpc) is 2.46. The van der Waals surface area contributed by atoms with E-state index in [1.807, 2.05) is 5.32 Å². The van der Waals surface area contributed by atoms with E-state index in [1.165, 1.54) is 24.3 Å². The summed E-state index contributed by atoms with van der Waals surface area (Å²) in [5.41, 5.74) is 0.135. The summed E-state index contributed by atoms with van der Waals surface area (Å²) < 4.78 is 0. The van der Waals surface area contributed by atoms with Gasteiger partial charge in [0, 0.05) is 12.1 Å². The van der Waals surface area contributed by atoms with E-state index >= 15 is 0 Å². The van der Waals surface area contributed by atoms with Gasteiger partial charge in [0.05, 0.1) is 10.0 Å². The zero-order valence-corrected chi connectivity index (χ0v) is 12.8. The molecule has 2 unspecified atom stereocenters. The lowest BCUT2D eigenvalue weighted by molar-refractivity contribution is -0.147. The Bertz CT molecular complexity index is 662. The molecule has 116 valence electrons. The molecule has 1 aliphatic heterocycles. The van der Waals surface area contributed by atoms with Crippen LogP contribution in [0.4, 0.5) is 4.79 Å². The lowest BCUT2D eigenvalue weighted by Crippen LogP contribution is -2.59. The van der Waals surface area contributed by atoms with E-state index in [-0.39, 0.29) is 22.2 Å². The highest BCUT2D eigenvalue weighted by Crippen LogP contribution is 2.34. The number of halogens is 2. The third-order valence-corrected chi connectivity index (χ3v) is 4.05. The van der Waals surface area contributed by atoms with E-state index in [0.717, 1.165) is 4.90 Å². The van der Waals surface area contributed by atoms with E-state index in [0.29, 0.717) is 0 Å². The fraction of sp³-hybridized carbons (Fsp3) is 0.214. The van der Waals surface area contributed by atoms with Gasteiger partial charge in [-0.3, -0.25) is 19.8 Å². The zero-order valence-electron chi connectivity index (χ0n) is 11.3. The topological polar surface area (TPSA) is 86.7 Å². The van der Waals surface area contributed by atoms with Crippen LogP contribution in [0.25, 0.3) is 0 Å². The van der Waals surface area contributed by atoms with Gasteiger partial charge in [-0.15, -0.1) is 6.58 Å². The predicted octanol–water partition coefficient (Wildman–Crippen LogP) is 1.91. The van der Waals surface area contributed by atoms with E-state index in [4.69, 9.17) is 23.2 Å². The number of amides is 4. The van der Waals surface area contributed by atoms with Crippen molar-refractivity contribution in [3.8, 4) is 0 Å². The number of nitrogens with one attached hydrogen (secondary N) is 1. The lowest BCUT2D eigenvalue weighted by Gasteiger charge is -2.32. The molecule has 0 saturated carbocycles. The first-order chi connectivity index (χ1) is 10.4. The molecular formula is C14H12Cl2N2O4. The van der Waals surface area contributed by atoms with Crippen molar-refractivity contribution in [2.75, 3.05) is 6.54 Å². The Labute approximate surface area is 136 Å². The number of imide groups is 2. The van der Waals surface area contributed by atoms with Crippen LogP contribution in [-0.2, 0) is 9.59 Å². The molecule has 1 fully saturated rings. The largest absolute Gasteiger partial charge is 0.387 e. The molecule has 2 atom stereocenters. The third-order valence-electron chi connectivity index (χ3n) is 3.22. The second kappa shape index (κ2) is 6.48. The van der Waals surface area contributed by atoms with Gasteiger partial charge in [-0.1, -0.05) is 41.4 Å². The summed E-state index contributed by atoms with van der Waals surface area (Å²) in [5.74, 6) is -3.20. The number of rotatable bonds is 4. The van der Waals surface area contributed by atoms with Crippen molar-refractivity contribution < 1.29 is 19.5 Å². The summed E-state index contributed by atoms with van der Waals surface area (Å²) >= 11 is 11.9. The molecule has 4 amide bonds. The van der Waals surface area contributed by atoms with Gasteiger partial charge >= 0.3 is 6.03 Å². The summed E-state index contributed by atoms with van der Waals surface area (Å²) in [6.07, 6.45) is -0.192. The van der Waals surface area contributed by atoms with Gasteiger partial charge in [-0.25, -0.2) is 4.79 Å². The van der Waals surface area contributed by atoms with Gasteiger partial charge < -0.3 is 5.11 Å². The Morgan fingerprint density at radius 1 is 1.36 bits per heavy atom. The van der Waals surface area contributed by atoms with Crippen molar-refractivity contribution in [1.29, 1.82) is 0 Å². The maximum atomic E-state index is 12.3. The fourth-order valence-electron chi connectivity index (χ4n) is 2.14. The van der Waals surface area contributed by atoms with Crippen molar-refractivity contribution in [3.05, 3.63) is 46.5 Å². The van der Waals surface area contributed by atoms with Crippen LogP contribution >= 0.6 is 23.2 Å². The number of barbiturate groups is 1. The molecular weight excluding hydrogens is 331 g/mol.